The second-order valence-electron chi connectivity index (χ2n) is 12.9. The van der Waals surface area contributed by atoms with E-state index in [1.54, 1.807) is 17.7 Å². The van der Waals surface area contributed by atoms with Crippen molar-refractivity contribution >= 4 is 5.91 Å². The van der Waals surface area contributed by atoms with Crippen LogP contribution in [0.2, 0.25) is 0 Å². The molecular weight excluding hydrogens is 430 g/mol. The molecule has 0 radical (unpaired) electrons. The van der Waals surface area contributed by atoms with E-state index >= 15 is 0 Å². The lowest BCUT2D eigenvalue weighted by Gasteiger charge is -2.58. The van der Waals surface area contributed by atoms with E-state index in [1.807, 2.05) is 24.1 Å². The van der Waals surface area contributed by atoms with Gasteiger partial charge >= 0.3 is 0 Å². The number of rotatable bonds is 2. The van der Waals surface area contributed by atoms with Gasteiger partial charge in [-0.05, 0) is 118 Å². The minimum Gasteiger partial charge on any atom is -0.338 e. The van der Waals surface area contributed by atoms with Gasteiger partial charge in [-0.15, -0.1) is 0 Å². The predicted octanol–water partition coefficient (Wildman–Crippen LogP) is 5.89. The summed E-state index contributed by atoms with van der Waals surface area (Å²) in [6.07, 6.45) is 12.9. The maximum atomic E-state index is 13.3. The van der Waals surface area contributed by atoms with E-state index in [1.165, 1.54) is 45.1 Å². The topological polar surface area (TPSA) is 47.3 Å². The SMILES string of the molecule is CC1C2CCC3C4CC=C5CC(N(C)C(=O)c6cccc(C#N)c6)CCC5(C)C4CCC32CN1C. The van der Waals surface area contributed by atoms with Crippen LogP contribution in [0, 0.1) is 45.8 Å². The van der Waals surface area contributed by atoms with Crippen molar-refractivity contribution < 1.29 is 4.79 Å². The Labute approximate surface area is 211 Å². The summed E-state index contributed by atoms with van der Waals surface area (Å²) in [5.74, 6) is 3.52. The van der Waals surface area contributed by atoms with E-state index in [4.69, 9.17) is 0 Å². The smallest absolute Gasteiger partial charge is 0.253 e. The van der Waals surface area contributed by atoms with Crippen LogP contribution in [0.15, 0.2) is 35.9 Å². The van der Waals surface area contributed by atoms with E-state index < -0.39 is 0 Å². The first-order valence-corrected chi connectivity index (χ1v) is 14.0. The first kappa shape index (κ1) is 23.3. The van der Waals surface area contributed by atoms with Gasteiger partial charge < -0.3 is 9.80 Å². The Morgan fingerprint density at radius 1 is 1.14 bits per heavy atom. The summed E-state index contributed by atoms with van der Waals surface area (Å²) in [5.41, 5.74) is 3.69. The third kappa shape index (κ3) is 3.30. The van der Waals surface area contributed by atoms with Crippen molar-refractivity contribution in [1.29, 1.82) is 5.26 Å². The van der Waals surface area contributed by atoms with E-state index in [9.17, 15) is 10.1 Å². The van der Waals surface area contributed by atoms with Gasteiger partial charge in [-0.3, -0.25) is 4.79 Å². The molecule has 1 heterocycles. The van der Waals surface area contributed by atoms with Crippen molar-refractivity contribution in [1.82, 2.24) is 9.80 Å². The van der Waals surface area contributed by atoms with Gasteiger partial charge in [0, 0.05) is 31.2 Å². The predicted molar refractivity (Wildman–Crippen MR) is 139 cm³/mol. The molecule has 35 heavy (non-hydrogen) atoms. The normalized spacial score (nSPS) is 42.2. The fourth-order valence-electron chi connectivity index (χ4n) is 9.87. The van der Waals surface area contributed by atoms with Gasteiger partial charge in [0.2, 0.25) is 0 Å². The molecule has 5 aliphatic rings. The molecule has 0 bridgehead atoms. The molecule has 0 N–H and O–H groups in total. The first-order valence-electron chi connectivity index (χ1n) is 14.0. The van der Waals surface area contributed by atoms with Crippen molar-refractivity contribution in [3.05, 3.63) is 47.0 Å². The Hall–Kier alpha value is -2.12. The van der Waals surface area contributed by atoms with Crippen LogP contribution in [-0.2, 0) is 0 Å². The molecule has 1 aromatic rings. The van der Waals surface area contributed by atoms with Crippen LogP contribution >= 0.6 is 0 Å². The van der Waals surface area contributed by atoms with E-state index in [-0.39, 0.29) is 11.9 Å². The lowest BCUT2D eigenvalue weighted by molar-refractivity contribution is -0.0430. The van der Waals surface area contributed by atoms with Gasteiger partial charge in [0.05, 0.1) is 11.6 Å². The molecule has 4 heteroatoms. The fourth-order valence-corrected chi connectivity index (χ4v) is 9.87. The quantitative estimate of drug-likeness (QED) is 0.505. The molecule has 6 rings (SSSR count). The number of hydrogen-bond acceptors (Lipinski definition) is 3. The molecule has 4 nitrogen and oxygen atoms in total. The van der Waals surface area contributed by atoms with Gasteiger partial charge in [-0.25, -0.2) is 0 Å². The van der Waals surface area contributed by atoms with E-state index in [0.29, 0.717) is 22.0 Å². The van der Waals surface area contributed by atoms with Gasteiger partial charge in [-0.2, -0.15) is 5.26 Å². The zero-order valence-corrected chi connectivity index (χ0v) is 22.0. The zero-order valence-electron chi connectivity index (χ0n) is 22.0. The Balaban J connectivity index is 1.21. The molecule has 1 amide bonds. The standard InChI is InChI=1S/C31H41N3O/c1-20-26-10-11-28-25-9-8-23-17-24(34(4)29(35)22-7-5-6-21(16-22)18-32)12-14-30(23,2)27(25)13-15-31(26,28)19-33(20)3/h5-8,16,20,24-28H,9-15,17,19H2,1-4H3. The average molecular weight is 472 g/mol. The minimum atomic E-state index is 0.0427. The third-order valence-corrected chi connectivity index (χ3v) is 11.8. The molecular formula is C31H41N3O. The Bertz CT molecular complexity index is 1100. The van der Waals surface area contributed by atoms with Crippen molar-refractivity contribution in [3.8, 4) is 6.07 Å². The highest BCUT2D eigenvalue weighted by molar-refractivity contribution is 5.94. The number of likely N-dealkylation sites (tertiary alicyclic amines) is 1. The van der Waals surface area contributed by atoms with Crippen LogP contribution in [0.1, 0.15) is 81.1 Å². The molecule has 1 aromatic carbocycles. The highest BCUT2D eigenvalue weighted by Crippen LogP contribution is 2.68. The molecule has 1 saturated heterocycles. The number of nitrogens with zero attached hydrogens (tertiary/aromatic N) is 3. The Kier molecular flexibility index (Phi) is 5.46. The second-order valence-corrected chi connectivity index (χ2v) is 12.9. The number of allylic oxidation sites excluding steroid dienone is 1. The summed E-state index contributed by atoms with van der Waals surface area (Å²) in [6.45, 7) is 6.36. The second kappa shape index (κ2) is 8.20. The van der Waals surface area contributed by atoms with E-state index in [2.05, 4.69) is 37.9 Å². The van der Waals surface area contributed by atoms with Gasteiger partial charge in [-0.1, -0.05) is 24.6 Å². The average Bonchev–Trinajstić information content (AvgIpc) is 3.36. The van der Waals surface area contributed by atoms with Crippen LogP contribution in [0.4, 0.5) is 0 Å². The van der Waals surface area contributed by atoms with E-state index in [0.717, 1.165) is 42.6 Å². The van der Waals surface area contributed by atoms with Crippen molar-refractivity contribution in [3.63, 3.8) is 0 Å². The van der Waals surface area contributed by atoms with Gasteiger partial charge in [0.15, 0.2) is 0 Å². The largest absolute Gasteiger partial charge is 0.338 e. The number of nitriles is 1. The monoisotopic (exact) mass is 471 g/mol. The minimum absolute atomic E-state index is 0.0427. The molecule has 1 aliphatic heterocycles. The maximum Gasteiger partial charge on any atom is 0.253 e. The number of carbonyl (C=O) groups is 1. The van der Waals surface area contributed by atoms with Gasteiger partial charge in [0.1, 0.15) is 0 Å². The molecule has 4 aliphatic carbocycles. The van der Waals surface area contributed by atoms with Gasteiger partial charge in [0.25, 0.3) is 5.91 Å². The summed E-state index contributed by atoms with van der Waals surface area (Å²) in [7, 11) is 4.32. The molecule has 4 fully saturated rings. The molecule has 3 saturated carbocycles. The van der Waals surface area contributed by atoms with Crippen LogP contribution in [0.25, 0.3) is 0 Å². The highest BCUT2D eigenvalue weighted by Gasteiger charge is 2.64. The Morgan fingerprint density at radius 2 is 1.94 bits per heavy atom. The number of amides is 1. The highest BCUT2D eigenvalue weighted by atomic mass is 16.2. The number of benzene rings is 1. The van der Waals surface area contributed by atoms with Crippen LogP contribution in [-0.4, -0.2) is 48.4 Å². The summed E-state index contributed by atoms with van der Waals surface area (Å²) in [6, 6.07) is 10.3. The summed E-state index contributed by atoms with van der Waals surface area (Å²) in [5, 5.41) is 9.23. The lowest BCUT2D eigenvalue weighted by atomic mass is 9.47. The molecule has 186 valence electrons. The van der Waals surface area contributed by atoms with Crippen LogP contribution in [0.5, 0.6) is 0 Å². The Morgan fingerprint density at radius 3 is 2.74 bits per heavy atom. The van der Waals surface area contributed by atoms with Crippen molar-refractivity contribution in [2.45, 2.75) is 77.3 Å². The number of fused-ring (bicyclic) bond motifs is 4. The maximum absolute atomic E-state index is 13.3. The zero-order chi connectivity index (χ0) is 24.5. The summed E-state index contributed by atoms with van der Waals surface area (Å²) >= 11 is 0. The first-order chi connectivity index (χ1) is 16.8. The van der Waals surface area contributed by atoms with Crippen molar-refractivity contribution in [2.75, 3.05) is 20.6 Å². The summed E-state index contributed by atoms with van der Waals surface area (Å²) in [4.78, 5) is 17.9. The van der Waals surface area contributed by atoms with Crippen molar-refractivity contribution in [2.24, 2.45) is 34.5 Å². The lowest BCUT2D eigenvalue weighted by Crippen LogP contribution is -2.53. The third-order valence-electron chi connectivity index (χ3n) is 11.8. The van der Waals surface area contributed by atoms with Crippen LogP contribution < -0.4 is 0 Å². The fraction of sp³-hybridized carbons (Fsp3) is 0.677. The number of carbonyl (C=O) groups excluding carboxylic acids is 1. The molecule has 8 unspecified atom stereocenters. The molecule has 8 atom stereocenters. The molecule has 1 spiro atoms. The molecule has 0 aromatic heterocycles. The summed E-state index contributed by atoms with van der Waals surface area (Å²) < 4.78 is 0. The van der Waals surface area contributed by atoms with Crippen LogP contribution in [0.3, 0.4) is 0 Å². The number of hydrogen-bond donors (Lipinski definition) is 0.